The van der Waals surface area contributed by atoms with Gasteiger partial charge in [0.05, 0.1) is 12.1 Å². The number of para-hydroxylation sites is 2. The highest BCUT2D eigenvalue weighted by Crippen LogP contribution is 2.23. The van der Waals surface area contributed by atoms with Gasteiger partial charge in [0.2, 0.25) is 5.88 Å². The molecule has 1 aromatic heterocycles. The zero-order valence-electron chi connectivity index (χ0n) is 9.18. The van der Waals surface area contributed by atoms with Crippen molar-refractivity contribution in [3.05, 3.63) is 47.6 Å². The molecule has 1 heterocycles. The molecule has 2 aromatic rings. The number of ether oxygens (including phenoxy) is 1. The van der Waals surface area contributed by atoms with Crippen LogP contribution in [0.2, 0.25) is 5.02 Å². The van der Waals surface area contributed by atoms with Gasteiger partial charge in [0.25, 0.3) is 0 Å². The Balaban J connectivity index is 2.04. The summed E-state index contributed by atoms with van der Waals surface area (Å²) < 4.78 is 5.17. The molecular weight excluding hydrogens is 240 g/mol. The van der Waals surface area contributed by atoms with Crippen LogP contribution in [0.15, 0.2) is 42.6 Å². The first-order chi connectivity index (χ1) is 8.29. The minimum Gasteiger partial charge on any atom is -0.494 e. The molecule has 0 aliphatic carbocycles. The van der Waals surface area contributed by atoms with Gasteiger partial charge in [-0.25, -0.2) is 10.5 Å². The number of anilines is 1. The van der Waals surface area contributed by atoms with Gasteiger partial charge in [-0.1, -0.05) is 23.7 Å². The summed E-state index contributed by atoms with van der Waals surface area (Å²) >= 11 is 5.72. The minimum atomic E-state index is 0.431. The SMILES string of the molecule is COc1ccccc1NOc1ccc(Cl)cn1. The zero-order valence-corrected chi connectivity index (χ0v) is 9.94. The van der Waals surface area contributed by atoms with Gasteiger partial charge in [-0.2, -0.15) is 0 Å². The van der Waals surface area contributed by atoms with Crippen molar-refractivity contribution in [1.82, 2.24) is 4.98 Å². The van der Waals surface area contributed by atoms with E-state index >= 15 is 0 Å². The molecule has 0 aliphatic rings. The number of nitrogens with one attached hydrogen (secondary N) is 1. The Morgan fingerprint density at radius 2 is 2.00 bits per heavy atom. The Labute approximate surface area is 104 Å². The van der Waals surface area contributed by atoms with Gasteiger partial charge in [0, 0.05) is 12.3 Å². The van der Waals surface area contributed by atoms with Crippen molar-refractivity contribution in [3.63, 3.8) is 0 Å². The molecule has 0 bridgehead atoms. The van der Waals surface area contributed by atoms with Crippen molar-refractivity contribution in [3.8, 4) is 11.6 Å². The van der Waals surface area contributed by atoms with Crippen molar-refractivity contribution < 1.29 is 9.57 Å². The van der Waals surface area contributed by atoms with Crippen molar-refractivity contribution >= 4 is 17.3 Å². The number of hydrogen-bond donors (Lipinski definition) is 1. The van der Waals surface area contributed by atoms with Crippen molar-refractivity contribution in [2.24, 2.45) is 0 Å². The average molecular weight is 251 g/mol. The second-order valence-electron chi connectivity index (χ2n) is 3.22. The number of hydrogen-bond acceptors (Lipinski definition) is 4. The number of benzene rings is 1. The maximum Gasteiger partial charge on any atom is 0.245 e. The molecule has 0 amide bonds. The number of pyridine rings is 1. The summed E-state index contributed by atoms with van der Waals surface area (Å²) in [4.78, 5) is 9.28. The van der Waals surface area contributed by atoms with Crippen molar-refractivity contribution in [2.45, 2.75) is 0 Å². The van der Waals surface area contributed by atoms with Gasteiger partial charge in [0.15, 0.2) is 0 Å². The minimum absolute atomic E-state index is 0.431. The third kappa shape index (κ3) is 3.01. The van der Waals surface area contributed by atoms with Gasteiger partial charge >= 0.3 is 0 Å². The van der Waals surface area contributed by atoms with Crippen LogP contribution in [0.5, 0.6) is 11.6 Å². The van der Waals surface area contributed by atoms with Gasteiger partial charge in [-0.15, -0.1) is 0 Å². The molecule has 0 fully saturated rings. The smallest absolute Gasteiger partial charge is 0.245 e. The molecule has 1 N–H and O–H groups in total. The summed E-state index contributed by atoms with van der Waals surface area (Å²) in [5.74, 6) is 1.13. The van der Waals surface area contributed by atoms with E-state index in [1.165, 1.54) is 6.20 Å². The number of aromatic nitrogens is 1. The lowest BCUT2D eigenvalue weighted by Gasteiger charge is -2.10. The maximum absolute atomic E-state index is 5.72. The van der Waals surface area contributed by atoms with E-state index in [1.54, 1.807) is 19.2 Å². The monoisotopic (exact) mass is 250 g/mol. The first-order valence-corrected chi connectivity index (χ1v) is 5.35. The molecule has 0 aliphatic heterocycles. The summed E-state index contributed by atoms with van der Waals surface area (Å²) in [7, 11) is 1.60. The van der Waals surface area contributed by atoms with Crippen LogP contribution < -0.4 is 15.1 Å². The third-order valence-electron chi connectivity index (χ3n) is 2.07. The fourth-order valence-corrected chi connectivity index (χ4v) is 1.37. The van der Waals surface area contributed by atoms with Crippen LogP contribution in [0.4, 0.5) is 5.69 Å². The fraction of sp³-hybridized carbons (Fsp3) is 0.0833. The highest BCUT2D eigenvalue weighted by atomic mass is 35.5. The van der Waals surface area contributed by atoms with E-state index in [4.69, 9.17) is 21.2 Å². The molecule has 88 valence electrons. The molecular formula is C12H11ClN2O2. The second-order valence-corrected chi connectivity index (χ2v) is 3.66. The Bertz CT molecular complexity index is 488. The fourth-order valence-electron chi connectivity index (χ4n) is 1.26. The molecule has 4 nitrogen and oxygen atoms in total. The van der Waals surface area contributed by atoms with Crippen LogP contribution in [-0.2, 0) is 0 Å². The van der Waals surface area contributed by atoms with Gasteiger partial charge in [-0.3, -0.25) is 0 Å². The third-order valence-corrected chi connectivity index (χ3v) is 2.30. The first kappa shape index (κ1) is 11.5. The molecule has 17 heavy (non-hydrogen) atoms. The Morgan fingerprint density at radius 3 is 2.71 bits per heavy atom. The highest BCUT2D eigenvalue weighted by molar-refractivity contribution is 6.30. The summed E-state index contributed by atoms with van der Waals surface area (Å²) in [6.07, 6.45) is 1.51. The predicted octanol–water partition coefficient (Wildman–Crippen LogP) is 3.15. The van der Waals surface area contributed by atoms with Crippen LogP contribution in [0.1, 0.15) is 0 Å². The summed E-state index contributed by atoms with van der Waals surface area (Å²) in [6, 6.07) is 10.8. The van der Waals surface area contributed by atoms with Crippen LogP contribution in [0.3, 0.4) is 0 Å². The van der Waals surface area contributed by atoms with E-state index in [2.05, 4.69) is 10.5 Å². The van der Waals surface area contributed by atoms with E-state index in [-0.39, 0.29) is 0 Å². The molecule has 5 heteroatoms. The van der Waals surface area contributed by atoms with Gasteiger partial charge < -0.3 is 9.57 Å². The topological polar surface area (TPSA) is 43.4 Å². The summed E-state index contributed by atoms with van der Waals surface area (Å²) in [5, 5.41) is 0.564. The second kappa shape index (κ2) is 5.41. The quantitative estimate of drug-likeness (QED) is 0.847. The number of methoxy groups -OCH3 is 1. The zero-order chi connectivity index (χ0) is 12.1. The largest absolute Gasteiger partial charge is 0.494 e. The number of nitrogens with zero attached hydrogens (tertiary/aromatic N) is 1. The molecule has 0 saturated heterocycles. The Hall–Kier alpha value is -1.94. The molecule has 0 spiro atoms. The van der Waals surface area contributed by atoms with E-state index in [0.717, 1.165) is 5.69 Å². The maximum atomic E-state index is 5.72. The lowest BCUT2D eigenvalue weighted by Crippen LogP contribution is -2.06. The van der Waals surface area contributed by atoms with E-state index in [9.17, 15) is 0 Å². The molecule has 0 unspecified atom stereocenters. The standard InChI is InChI=1S/C12H11ClN2O2/c1-16-11-5-3-2-4-10(11)15-17-12-7-6-9(13)8-14-12/h2-8,15H,1H3. The Kier molecular flexibility index (Phi) is 3.67. The van der Waals surface area contributed by atoms with Gasteiger partial charge in [0.1, 0.15) is 11.4 Å². The van der Waals surface area contributed by atoms with Crippen molar-refractivity contribution in [1.29, 1.82) is 0 Å². The summed E-state index contributed by atoms with van der Waals surface area (Å²) in [6.45, 7) is 0. The van der Waals surface area contributed by atoms with Crippen LogP contribution in [0.25, 0.3) is 0 Å². The van der Waals surface area contributed by atoms with Crippen LogP contribution in [-0.4, -0.2) is 12.1 Å². The van der Waals surface area contributed by atoms with E-state index in [0.29, 0.717) is 16.7 Å². The molecule has 0 radical (unpaired) electrons. The lowest BCUT2D eigenvalue weighted by molar-refractivity contribution is 0.375. The van der Waals surface area contributed by atoms with Crippen LogP contribution >= 0.6 is 11.6 Å². The van der Waals surface area contributed by atoms with E-state index < -0.39 is 0 Å². The Morgan fingerprint density at radius 1 is 1.18 bits per heavy atom. The van der Waals surface area contributed by atoms with Gasteiger partial charge in [-0.05, 0) is 18.2 Å². The summed E-state index contributed by atoms with van der Waals surface area (Å²) in [5.41, 5.74) is 3.50. The molecule has 2 rings (SSSR count). The molecule has 0 saturated carbocycles. The lowest BCUT2D eigenvalue weighted by atomic mass is 10.3. The normalized spacial score (nSPS) is 9.76. The molecule has 1 aromatic carbocycles. The number of halogens is 1. The first-order valence-electron chi connectivity index (χ1n) is 4.97. The van der Waals surface area contributed by atoms with Crippen LogP contribution in [0, 0.1) is 0 Å². The number of rotatable bonds is 4. The van der Waals surface area contributed by atoms with E-state index in [1.807, 2.05) is 24.3 Å². The highest BCUT2D eigenvalue weighted by Gasteiger charge is 2.02. The molecule has 0 atom stereocenters. The predicted molar refractivity (Wildman–Crippen MR) is 66.5 cm³/mol. The average Bonchev–Trinajstić information content (AvgIpc) is 2.38. The van der Waals surface area contributed by atoms with Crippen molar-refractivity contribution in [2.75, 3.05) is 12.6 Å².